The number of benzene rings is 1. The smallest absolute Gasteiger partial charge is 0.381 e. The van der Waals surface area contributed by atoms with Crippen LogP contribution in [-0.2, 0) is 16.0 Å². The van der Waals surface area contributed by atoms with Gasteiger partial charge in [-0.3, -0.25) is 9.59 Å². The summed E-state index contributed by atoms with van der Waals surface area (Å²) in [6.45, 7) is 3.55. The van der Waals surface area contributed by atoms with E-state index in [2.05, 4.69) is 10.6 Å². The van der Waals surface area contributed by atoms with E-state index in [-0.39, 0.29) is 16.6 Å². The van der Waals surface area contributed by atoms with E-state index in [4.69, 9.17) is 0 Å². The molecule has 5 rings (SSSR count). The van der Waals surface area contributed by atoms with E-state index in [1.165, 1.54) is 0 Å². The molecule has 7 nitrogen and oxygen atoms in total. The fourth-order valence-corrected chi connectivity index (χ4v) is 8.01. The number of anilines is 1. The van der Waals surface area contributed by atoms with Gasteiger partial charge in [0.25, 0.3) is 11.5 Å². The first-order valence-electron chi connectivity index (χ1n) is 13.0. The highest BCUT2D eigenvalue weighted by Gasteiger charge is 2.46. The molecule has 3 aliphatic rings. The molecular formula is C28H30F3N3O4S. The second-order valence-electron chi connectivity index (χ2n) is 10.6. The monoisotopic (exact) mass is 561 g/mol. The van der Waals surface area contributed by atoms with Gasteiger partial charge in [-0.2, -0.15) is 13.2 Å². The Balaban J connectivity index is 1.54. The molecule has 0 saturated heterocycles. The predicted octanol–water partition coefficient (Wildman–Crippen LogP) is 5.21. The van der Waals surface area contributed by atoms with Gasteiger partial charge in [0.05, 0.1) is 21.9 Å². The molecule has 2 heterocycles. The van der Waals surface area contributed by atoms with Gasteiger partial charge in [0, 0.05) is 12.0 Å². The molecule has 3 atom stereocenters. The molecule has 0 radical (unpaired) electrons. The van der Waals surface area contributed by atoms with E-state index in [0.717, 1.165) is 36.5 Å². The summed E-state index contributed by atoms with van der Waals surface area (Å²) in [6, 6.07) is 4.86. The number of H-pyrrole nitrogens is 1. The van der Waals surface area contributed by atoms with Gasteiger partial charge in [0.15, 0.2) is 9.84 Å². The van der Waals surface area contributed by atoms with Crippen molar-refractivity contribution in [3.8, 4) is 0 Å². The first-order valence-corrected chi connectivity index (χ1v) is 14.5. The maximum atomic E-state index is 13.8. The number of fused-ring (bicyclic) bond motifs is 2. The number of allylic oxidation sites excluding steroid dienone is 2. The maximum absolute atomic E-state index is 13.8. The van der Waals surface area contributed by atoms with E-state index < -0.39 is 55.9 Å². The lowest BCUT2D eigenvalue weighted by Crippen LogP contribution is -2.46. The summed E-state index contributed by atoms with van der Waals surface area (Å²) >= 11 is 0. The second kappa shape index (κ2) is 10.0. The molecule has 1 fully saturated rings. The lowest BCUT2D eigenvalue weighted by molar-refractivity contribution is -0.140. The van der Waals surface area contributed by atoms with Crippen molar-refractivity contribution < 1.29 is 26.4 Å². The van der Waals surface area contributed by atoms with Crippen molar-refractivity contribution in [3.63, 3.8) is 0 Å². The SMILES string of the molecule is CC1=CC2C(C=C1)C(NC(=O)c1cc(NC3CCCCC3)c(C(F)(F)F)[nH]c1=O)c1ccc(C)cc1S2(=O)=O. The van der Waals surface area contributed by atoms with Gasteiger partial charge in [-0.25, -0.2) is 8.42 Å². The number of alkyl halides is 3. The number of amides is 1. The van der Waals surface area contributed by atoms with Crippen molar-refractivity contribution in [2.24, 2.45) is 5.92 Å². The number of carbonyl (C=O) groups is 1. The topological polar surface area (TPSA) is 108 Å². The molecule has 1 aliphatic heterocycles. The molecule has 3 N–H and O–H groups in total. The number of rotatable bonds is 4. The van der Waals surface area contributed by atoms with E-state index in [1.54, 1.807) is 50.3 Å². The van der Waals surface area contributed by atoms with Crippen LogP contribution in [-0.4, -0.2) is 30.6 Å². The minimum atomic E-state index is -4.83. The van der Waals surface area contributed by atoms with Crippen molar-refractivity contribution in [1.82, 2.24) is 10.3 Å². The fourth-order valence-electron chi connectivity index (χ4n) is 5.79. The third kappa shape index (κ3) is 5.16. The van der Waals surface area contributed by atoms with Crippen molar-refractivity contribution in [2.45, 2.75) is 74.4 Å². The zero-order valence-corrected chi connectivity index (χ0v) is 22.4. The van der Waals surface area contributed by atoms with Crippen LogP contribution >= 0.6 is 0 Å². The molecule has 1 aromatic heterocycles. The van der Waals surface area contributed by atoms with Crippen LogP contribution in [0.2, 0.25) is 0 Å². The number of halogens is 3. The number of aromatic amines is 1. The first kappa shape index (κ1) is 27.2. The predicted molar refractivity (Wildman–Crippen MR) is 141 cm³/mol. The van der Waals surface area contributed by atoms with E-state index in [9.17, 15) is 31.2 Å². The average molecular weight is 562 g/mol. The lowest BCUT2D eigenvalue weighted by Gasteiger charge is -2.38. The number of hydrogen-bond acceptors (Lipinski definition) is 5. The summed E-state index contributed by atoms with van der Waals surface area (Å²) in [5, 5.41) is 4.74. The van der Waals surface area contributed by atoms with E-state index >= 15 is 0 Å². The molecule has 0 bridgehead atoms. The zero-order valence-electron chi connectivity index (χ0n) is 21.6. The molecule has 11 heteroatoms. The second-order valence-corrected chi connectivity index (χ2v) is 12.7. The lowest BCUT2D eigenvalue weighted by atomic mass is 9.85. The summed E-state index contributed by atoms with van der Waals surface area (Å²) < 4.78 is 68.4. The molecule has 3 unspecified atom stereocenters. The minimum absolute atomic E-state index is 0.0920. The van der Waals surface area contributed by atoms with Gasteiger partial charge in [-0.15, -0.1) is 0 Å². The standard InChI is InChI=1S/C28H30F3N3O4S/c1-15-8-10-18-22(12-15)39(37,38)23-13-16(2)9-11-19(23)24(18)33-26(35)20-14-21(32-17-6-4-3-5-7-17)25(28(29,30)31)34-27(20)36/h8-14,17-18,22,24,32H,3-7H2,1-2H3,(H,33,35)(H,34,36). The van der Waals surface area contributed by atoms with E-state index in [1.807, 2.05) is 4.98 Å². The van der Waals surface area contributed by atoms with Crippen LogP contribution in [0.5, 0.6) is 0 Å². The van der Waals surface area contributed by atoms with Gasteiger partial charge < -0.3 is 15.6 Å². The summed E-state index contributed by atoms with van der Waals surface area (Å²) in [5.74, 6) is -1.54. The highest BCUT2D eigenvalue weighted by molar-refractivity contribution is 7.92. The Bertz CT molecular complexity index is 1540. The molecule has 1 amide bonds. The number of nitrogens with one attached hydrogen (secondary N) is 3. The summed E-state index contributed by atoms with van der Waals surface area (Å²) in [6.07, 6.45) is 4.44. The average Bonchev–Trinajstić information content (AvgIpc) is 2.87. The Morgan fingerprint density at radius 1 is 1.08 bits per heavy atom. The summed E-state index contributed by atoms with van der Waals surface area (Å²) in [4.78, 5) is 28.2. The number of pyridine rings is 1. The molecular weight excluding hydrogens is 531 g/mol. The number of hydrogen-bond donors (Lipinski definition) is 3. The van der Waals surface area contributed by atoms with Crippen LogP contribution in [0.3, 0.4) is 0 Å². The Labute approximate surface area is 224 Å². The third-order valence-corrected chi connectivity index (χ3v) is 9.90. The van der Waals surface area contributed by atoms with Crippen LogP contribution in [0.15, 0.2) is 57.8 Å². The Morgan fingerprint density at radius 2 is 1.79 bits per heavy atom. The van der Waals surface area contributed by atoms with Crippen molar-refractivity contribution in [3.05, 3.63) is 80.8 Å². The zero-order chi connectivity index (χ0) is 28.1. The fraction of sp³-hybridized carbons (Fsp3) is 0.429. The summed E-state index contributed by atoms with van der Waals surface area (Å²) in [5.41, 5.74) is -1.37. The first-order chi connectivity index (χ1) is 18.4. The van der Waals surface area contributed by atoms with Crippen molar-refractivity contribution >= 4 is 21.4 Å². The molecule has 1 saturated carbocycles. The maximum Gasteiger partial charge on any atom is 0.433 e. The highest BCUT2D eigenvalue weighted by atomic mass is 32.2. The Hall–Kier alpha value is -3.34. The molecule has 39 heavy (non-hydrogen) atoms. The van der Waals surface area contributed by atoms with Crippen molar-refractivity contribution in [2.75, 3.05) is 5.32 Å². The number of aryl methyl sites for hydroxylation is 1. The Morgan fingerprint density at radius 3 is 2.49 bits per heavy atom. The Kier molecular flexibility index (Phi) is 6.98. The van der Waals surface area contributed by atoms with Gasteiger partial charge >= 0.3 is 6.18 Å². The van der Waals surface area contributed by atoms with Crippen LogP contribution in [0, 0.1) is 12.8 Å². The molecule has 208 valence electrons. The molecule has 2 aromatic rings. The van der Waals surface area contributed by atoms with Gasteiger partial charge in [-0.05, 0) is 49.9 Å². The van der Waals surface area contributed by atoms with Gasteiger partial charge in [0.2, 0.25) is 0 Å². The van der Waals surface area contributed by atoms with Crippen LogP contribution in [0.4, 0.5) is 18.9 Å². The molecule has 1 aromatic carbocycles. The quantitative estimate of drug-likeness (QED) is 0.475. The minimum Gasteiger partial charge on any atom is -0.381 e. The molecule has 0 spiro atoms. The van der Waals surface area contributed by atoms with Gasteiger partial charge in [0.1, 0.15) is 11.3 Å². The van der Waals surface area contributed by atoms with E-state index in [0.29, 0.717) is 18.4 Å². The largest absolute Gasteiger partial charge is 0.433 e. The number of sulfone groups is 1. The number of aromatic nitrogens is 1. The number of carbonyl (C=O) groups excluding carboxylic acids is 1. The highest BCUT2D eigenvalue weighted by Crippen LogP contribution is 2.44. The third-order valence-electron chi connectivity index (χ3n) is 7.76. The van der Waals surface area contributed by atoms with Crippen LogP contribution in [0.1, 0.15) is 72.2 Å². The van der Waals surface area contributed by atoms with Crippen LogP contribution in [0.25, 0.3) is 0 Å². The normalized spacial score (nSPS) is 24.3. The molecule has 2 aliphatic carbocycles. The van der Waals surface area contributed by atoms with Gasteiger partial charge in [-0.1, -0.05) is 55.2 Å². The summed E-state index contributed by atoms with van der Waals surface area (Å²) in [7, 11) is -3.77. The van der Waals surface area contributed by atoms with Crippen LogP contribution < -0.4 is 16.2 Å². The van der Waals surface area contributed by atoms with Crippen molar-refractivity contribution in [1.29, 1.82) is 0 Å².